The van der Waals surface area contributed by atoms with Crippen LogP contribution < -0.4 is 4.90 Å². The standard InChI is InChI=1S/C24H27N5O4/c1-32-23(30)17-6-4-16(5-7-17)10-14-33-24(31)29-12-2-3-19-20(29)9-13-28(19)22-18-8-11-25-21(18)26-15-27-22/h4-8,11,15,19-20H,2-3,9-10,12-14H2,1H3,(H,25,26,27)/t19-,20-/m1/s1. The maximum Gasteiger partial charge on any atom is 0.410 e. The number of rotatable bonds is 5. The summed E-state index contributed by atoms with van der Waals surface area (Å²) in [6.07, 6.45) is 6.66. The average Bonchev–Trinajstić information content (AvgIpc) is 3.51. The number of anilines is 1. The van der Waals surface area contributed by atoms with Crippen LogP contribution in [0.25, 0.3) is 11.0 Å². The van der Waals surface area contributed by atoms with Gasteiger partial charge < -0.3 is 24.3 Å². The van der Waals surface area contributed by atoms with Gasteiger partial charge >= 0.3 is 12.1 Å². The maximum absolute atomic E-state index is 12.9. The quantitative estimate of drug-likeness (QED) is 0.597. The third-order valence-electron chi connectivity index (χ3n) is 6.64. The number of nitrogens with one attached hydrogen (secondary N) is 1. The van der Waals surface area contributed by atoms with Gasteiger partial charge in [0.05, 0.1) is 36.8 Å². The van der Waals surface area contributed by atoms with E-state index in [1.165, 1.54) is 7.11 Å². The van der Waals surface area contributed by atoms with E-state index in [2.05, 4.69) is 19.9 Å². The van der Waals surface area contributed by atoms with Crippen LogP contribution in [0.4, 0.5) is 10.6 Å². The van der Waals surface area contributed by atoms with Crippen molar-refractivity contribution >= 4 is 28.9 Å². The zero-order valence-electron chi connectivity index (χ0n) is 18.6. The smallest absolute Gasteiger partial charge is 0.410 e. The van der Waals surface area contributed by atoms with Crippen molar-refractivity contribution in [2.24, 2.45) is 0 Å². The Morgan fingerprint density at radius 1 is 1.09 bits per heavy atom. The molecular formula is C24H27N5O4. The fourth-order valence-corrected chi connectivity index (χ4v) is 5.03. The van der Waals surface area contributed by atoms with Crippen molar-refractivity contribution in [3.8, 4) is 0 Å². The zero-order chi connectivity index (χ0) is 22.8. The lowest BCUT2D eigenvalue weighted by atomic mass is 9.97. The number of hydrogen-bond donors (Lipinski definition) is 1. The predicted octanol–water partition coefficient (Wildman–Crippen LogP) is 3.17. The number of H-pyrrole nitrogens is 1. The monoisotopic (exact) mass is 449 g/mol. The molecule has 1 N–H and O–H groups in total. The maximum atomic E-state index is 12.9. The number of amides is 1. The van der Waals surface area contributed by atoms with Crippen LogP contribution in [0, 0.1) is 0 Å². The molecular weight excluding hydrogens is 422 g/mol. The number of carbonyl (C=O) groups is 2. The number of nitrogens with zero attached hydrogens (tertiary/aromatic N) is 4. The van der Waals surface area contributed by atoms with Gasteiger partial charge in [-0.05, 0) is 43.0 Å². The summed E-state index contributed by atoms with van der Waals surface area (Å²) in [6.45, 7) is 1.86. The normalized spacial score (nSPS) is 20.0. The zero-order valence-corrected chi connectivity index (χ0v) is 18.6. The van der Waals surface area contributed by atoms with E-state index in [0.717, 1.165) is 48.2 Å². The lowest BCUT2D eigenvalue weighted by molar-refractivity contribution is 0.0600. The summed E-state index contributed by atoms with van der Waals surface area (Å²) in [7, 11) is 1.36. The second-order valence-corrected chi connectivity index (χ2v) is 8.44. The van der Waals surface area contributed by atoms with Crippen LogP contribution in [0.3, 0.4) is 0 Å². The third kappa shape index (κ3) is 4.10. The number of fused-ring (bicyclic) bond motifs is 2. The van der Waals surface area contributed by atoms with Crippen molar-refractivity contribution in [1.29, 1.82) is 0 Å². The Morgan fingerprint density at radius 3 is 2.76 bits per heavy atom. The molecule has 1 aromatic carbocycles. The first kappa shape index (κ1) is 21.2. The molecule has 3 aromatic rings. The SMILES string of the molecule is COC(=O)c1ccc(CCOC(=O)N2CCC[C@@H]3[C@H]2CCN3c2ncnc3[nH]ccc23)cc1. The number of aromatic nitrogens is 3. The minimum Gasteiger partial charge on any atom is -0.465 e. The summed E-state index contributed by atoms with van der Waals surface area (Å²) in [6, 6.07) is 9.51. The van der Waals surface area contributed by atoms with Crippen molar-refractivity contribution in [3.05, 3.63) is 54.0 Å². The first-order valence-corrected chi connectivity index (χ1v) is 11.3. The highest BCUT2D eigenvalue weighted by Gasteiger charge is 2.43. The molecule has 2 aliphatic rings. The summed E-state index contributed by atoms with van der Waals surface area (Å²) in [5.74, 6) is 0.566. The minimum absolute atomic E-state index is 0.120. The lowest BCUT2D eigenvalue weighted by Gasteiger charge is -2.39. The largest absolute Gasteiger partial charge is 0.465 e. The molecule has 0 unspecified atom stereocenters. The third-order valence-corrected chi connectivity index (χ3v) is 6.64. The number of carbonyl (C=O) groups excluding carboxylic acids is 2. The Labute approximate surface area is 191 Å². The van der Waals surface area contributed by atoms with Gasteiger partial charge in [0, 0.05) is 25.7 Å². The van der Waals surface area contributed by atoms with Crippen LogP contribution in [0.2, 0.25) is 0 Å². The molecule has 1 amide bonds. The van der Waals surface area contributed by atoms with E-state index >= 15 is 0 Å². The average molecular weight is 450 g/mol. The highest BCUT2D eigenvalue weighted by molar-refractivity contribution is 5.89. The van der Waals surface area contributed by atoms with Crippen LogP contribution in [0.5, 0.6) is 0 Å². The topological polar surface area (TPSA) is 101 Å². The molecule has 0 spiro atoms. The molecule has 5 rings (SSSR count). The van der Waals surface area contributed by atoms with Crippen LogP contribution >= 0.6 is 0 Å². The van der Waals surface area contributed by atoms with E-state index in [-0.39, 0.29) is 24.1 Å². The van der Waals surface area contributed by atoms with Crippen molar-refractivity contribution in [1.82, 2.24) is 19.9 Å². The van der Waals surface area contributed by atoms with Crippen LogP contribution in [0.15, 0.2) is 42.9 Å². The lowest BCUT2D eigenvalue weighted by Crippen LogP contribution is -2.52. The molecule has 4 heterocycles. The molecule has 172 valence electrons. The summed E-state index contributed by atoms with van der Waals surface area (Å²) in [5.41, 5.74) is 2.33. The molecule has 0 saturated carbocycles. The Bertz CT molecular complexity index is 1150. The van der Waals surface area contributed by atoms with Gasteiger partial charge in [-0.15, -0.1) is 0 Å². The van der Waals surface area contributed by atoms with Gasteiger partial charge in [0.2, 0.25) is 0 Å². The fourth-order valence-electron chi connectivity index (χ4n) is 5.03. The Hall–Kier alpha value is -3.62. The highest BCUT2D eigenvalue weighted by atomic mass is 16.6. The molecule has 9 heteroatoms. The van der Waals surface area contributed by atoms with Crippen molar-refractivity contribution in [2.75, 3.05) is 31.7 Å². The molecule has 2 fully saturated rings. The number of ether oxygens (including phenoxy) is 2. The summed E-state index contributed by atoms with van der Waals surface area (Å²) in [4.78, 5) is 40.7. The number of piperidine rings is 1. The van der Waals surface area contributed by atoms with E-state index in [0.29, 0.717) is 25.1 Å². The van der Waals surface area contributed by atoms with Gasteiger partial charge in [-0.3, -0.25) is 0 Å². The Kier molecular flexibility index (Phi) is 5.85. The van der Waals surface area contributed by atoms with Crippen LogP contribution in [-0.2, 0) is 15.9 Å². The molecule has 0 radical (unpaired) electrons. The molecule has 9 nitrogen and oxygen atoms in total. The molecule has 2 atom stereocenters. The van der Waals surface area contributed by atoms with E-state index < -0.39 is 0 Å². The minimum atomic E-state index is -0.363. The number of methoxy groups -OCH3 is 1. The van der Waals surface area contributed by atoms with Crippen molar-refractivity contribution in [2.45, 2.75) is 37.8 Å². The molecule has 2 aromatic heterocycles. The van der Waals surface area contributed by atoms with Crippen molar-refractivity contribution < 1.29 is 19.1 Å². The molecule has 2 aliphatic heterocycles. The number of hydrogen-bond acceptors (Lipinski definition) is 7. The van der Waals surface area contributed by atoms with Crippen LogP contribution in [0.1, 0.15) is 35.2 Å². The number of esters is 1. The number of benzene rings is 1. The van der Waals surface area contributed by atoms with Gasteiger partial charge in [0.25, 0.3) is 0 Å². The summed E-state index contributed by atoms with van der Waals surface area (Å²) >= 11 is 0. The van der Waals surface area contributed by atoms with Gasteiger partial charge in [-0.25, -0.2) is 19.6 Å². The van der Waals surface area contributed by atoms with E-state index in [4.69, 9.17) is 9.47 Å². The second-order valence-electron chi connectivity index (χ2n) is 8.44. The molecule has 0 aliphatic carbocycles. The first-order chi connectivity index (χ1) is 16.2. The molecule has 2 saturated heterocycles. The predicted molar refractivity (Wildman–Crippen MR) is 122 cm³/mol. The van der Waals surface area contributed by atoms with E-state index in [1.54, 1.807) is 18.5 Å². The number of likely N-dealkylation sites (tertiary alicyclic amines) is 1. The Morgan fingerprint density at radius 2 is 1.94 bits per heavy atom. The Balaban J connectivity index is 1.20. The van der Waals surface area contributed by atoms with E-state index in [1.807, 2.05) is 29.3 Å². The molecule has 0 bridgehead atoms. The van der Waals surface area contributed by atoms with Crippen molar-refractivity contribution in [3.63, 3.8) is 0 Å². The van der Waals surface area contributed by atoms with Crippen LogP contribution in [-0.4, -0.2) is 70.8 Å². The summed E-state index contributed by atoms with van der Waals surface area (Å²) < 4.78 is 10.4. The van der Waals surface area contributed by atoms with Gasteiger partial charge in [0.15, 0.2) is 0 Å². The van der Waals surface area contributed by atoms with E-state index in [9.17, 15) is 9.59 Å². The van der Waals surface area contributed by atoms with Gasteiger partial charge in [-0.2, -0.15) is 0 Å². The first-order valence-electron chi connectivity index (χ1n) is 11.3. The van der Waals surface area contributed by atoms with Gasteiger partial charge in [0.1, 0.15) is 17.8 Å². The fraction of sp³-hybridized carbons (Fsp3) is 0.417. The molecule has 33 heavy (non-hydrogen) atoms. The number of aromatic amines is 1. The summed E-state index contributed by atoms with van der Waals surface area (Å²) in [5, 5.41) is 1.01. The van der Waals surface area contributed by atoms with Gasteiger partial charge in [-0.1, -0.05) is 12.1 Å². The highest BCUT2D eigenvalue weighted by Crippen LogP contribution is 2.36. The second kappa shape index (κ2) is 9.09.